The normalized spacial score (nSPS) is 17.0. The lowest BCUT2D eigenvalue weighted by Crippen LogP contribution is -2.39. The Hall–Kier alpha value is -6.01. The SMILES string of the molecule is CC(C)(C)c1nc(C(=O)NCc2ccc(-c3ncnn4cc(-c5ccc(CN6CCC(c7ccc(C8CCC(=O)NC8=O)cc7)CC6)cc5)cc34)cc2)no1. The van der Waals surface area contributed by atoms with E-state index in [0.29, 0.717) is 31.2 Å². The van der Waals surface area contributed by atoms with Crippen LogP contribution < -0.4 is 10.6 Å². The van der Waals surface area contributed by atoms with Crippen LogP contribution in [0.3, 0.4) is 0 Å². The van der Waals surface area contributed by atoms with Crippen molar-refractivity contribution in [2.75, 3.05) is 13.1 Å². The fourth-order valence-corrected chi connectivity index (χ4v) is 7.47. The number of rotatable bonds is 9. The van der Waals surface area contributed by atoms with Gasteiger partial charge in [0, 0.05) is 42.2 Å². The Labute approximate surface area is 319 Å². The van der Waals surface area contributed by atoms with E-state index in [9.17, 15) is 14.4 Å². The van der Waals surface area contributed by atoms with Crippen LogP contribution >= 0.6 is 0 Å². The van der Waals surface area contributed by atoms with Crippen LogP contribution in [-0.4, -0.2) is 60.4 Å². The number of piperidine rings is 2. The monoisotopic (exact) mass is 736 g/mol. The highest BCUT2D eigenvalue weighted by Crippen LogP contribution is 2.33. The first kappa shape index (κ1) is 36.0. The van der Waals surface area contributed by atoms with Crippen molar-refractivity contribution in [3.63, 3.8) is 0 Å². The van der Waals surface area contributed by atoms with Crippen LogP contribution in [0.25, 0.3) is 27.9 Å². The van der Waals surface area contributed by atoms with E-state index >= 15 is 0 Å². The summed E-state index contributed by atoms with van der Waals surface area (Å²) in [5.74, 6) is -0.0483. The third-order valence-corrected chi connectivity index (χ3v) is 10.7. The van der Waals surface area contributed by atoms with E-state index in [1.807, 2.05) is 55.7 Å². The highest BCUT2D eigenvalue weighted by Gasteiger charge is 2.29. The second kappa shape index (κ2) is 15.0. The molecule has 3 aromatic carbocycles. The van der Waals surface area contributed by atoms with E-state index in [2.05, 4.69) is 90.4 Å². The van der Waals surface area contributed by atoms with Crippen LogP contribution in [0.4, 0.5) is 0 Å². The molecule has 2 saturated heterocycles. The molecule has 0 aliphatic carbocycles. The first-order valence-electron chi connectivity index (χ1n) is 18.9. The summed E-state index contributed by atoms with van der Waals surface area (Å²) in [6.45, 7) is 9.14. The zero-order valence-electron chi connectivity index (χ0n) is 31.3. The number of hydrogen-bond donors (Lipinski definition) is 2. The third kappa shape index (κ3) is 7.95. The number of likely N-dealkylation sites (tertiary alicyclic amines) is 1. The molecule has 2 aliphatic rings. The van der Waals surface area contributed by atoms with Gasteiger partial charge in [0.25, 0.3) is 11.7 Å². The number of amides is 3. The summed E-state index contributed by atoms with van der Waals surface area (Å²) in [7, 11) is 0. The Morgan fingerprint density at radius 3 is 2.25 bits per heavy atom. The molecule has 6 aromatic rings. The van der Waals surface area contributed by atoms with E-state index < -0.39 is 0 Å². The molecule has 0 spiro atoms. The van der Waals surface area contributed by atoms with Gasteiger partial charge >= 0.3 is 0 Å². The maximum absolute atomic E-state index is 12.6. The van der Waals surface area contributed by atoms with Crippen molar-refractivity contribution >= 4 is 23.2 Å². The number of aromatic nitrogens is 5. The molecule has 0 bridgehead atoms. The molecule has 12 heteroatoms. The molecule has 2 fully saturated rings. The first-order valence-corrected chi connectivity index (χ1v) is 18.9. The quantitative estimate of drug-likeness (QED) is 0.157. The average Bonchev–Trinajstić information content (AvgIpc) is 3.87. The number of benzene rings is 3. The number of carbonyl (C=O) groups is 3. The summed E-state index contributed by atoms with van der Waals surface area (Å²) in [6, 6.07) is 27.3. The van der Waals surface area contributed by atoms with Gasteiger partial charge in [0.05, 0.1) is 17.1 Å². The Bertz CT molecular complexity index is 2330. The van der Waals surface area contributed by atoms with Crippen LogP contribution in [0.1, 0.15) is 97.1 Å². The first-order chi connectivity index (χ1) is 26.6. The van der Waals surface area contributed by atoms with Crippen molar-refractivity contribution in [3.8, 4) is 22.4 Å². The van der Waals surface area contributed by atoms with Gasteiger partial charge in [-0.2, -0.15) is 10.1 Å². The second-order valence-electron chi connectivity index (χ2n) is 15.6. The van der Waals surface area contributed by atoms with E-state index in [-0.39, 0.29) is 34.9 Å². The summed E-state index contributed by atoms with van der Waals surface area (Å²) < 4.78 is 7.11. The van der Waals surface area contributed by atoms with Crippen molar-refractivity contribution in [1.29, 1.82) is 0 Å². The second-order valence-corrected chi connectivity index (χ2v) is 15.6. The Morgan fingerprint density at radius 1 is 0.873 bits per heavy atom. The molecule has 2 aliphatic heterocycles. The van der Waals surface area contributed by atoms with Crippen molar-refractivity contribution in [2.24, 2.45) is 0 Å². The van der Waals surface area contributed by atoms with Crippen LogP contribution in [0.15, 0.2) is 95.9 Å². The summed E-state index contributed by atoms with van der Waals surface area (Å²) in [5, 5.41) is 13.6. The Morgan fingerprint density at radius 2 is 1.56 bits per heavy atom. The molecule has 1 atom stereocenters. The standard InChI is InChI=1S/C43H44N8O4/c1-43(2,3)42-48-39(49-55-42)41(54)44-23-27-4-10-33(11-5-27)38-36-22-34(25-51(36)46-26-45-38)30-8-6-28(7-9-30)24-50-20-18-31(19-21-50)29-12-14-32(15-13-29)35-16-17-37(52)47-40(35)53/h4-15,22,25-26,31,35H,16-21,23-24H2,1-3H3,(H,44,54)(H,47,52,53). The van der Waals surface area contributed by atoms with E-state index in [4.69, 9.17) is 4.52 Å². The smallest absolute Gasteiger partial charge is 0.292 e. The maximum atomic E-state index is 12.6. The largest absolute Gasteiger partial charge is 0.345 e. The fourth-order valence-electron chi connectivity index (χ4n) is 7.47. The van der Waals surface area contributed by atoms with Gasteiger partial charge in [0.2, 0.25) is 17.7 Å². The van der Waals surface area contributed by atoms with Gasteiger partial charge in [-0.15, -0.1) is 0 Å². The van der Waals surface area contributed by atoms with Gasteiger partial charge in [-0.05, 0) is 72.2 Å². The van der Waals surface area contributed by atoms with Crippen molar-refractivity contribution in [1.82, 2.24) is 40.3 Å². The zero-order chi connectivity index (χ0) is 38.1. The Balaban J connectivity index is 0.857. The molecule has 55 heavy (non-hydrogen) atoms. The highest BCUT2D eigenvalue weighted by atomic mass is 16.5. The third-order valence-electron chi connectivity index (χ3n) is 10.7. The predicted molar refractivity (Wildman–Crippen MR) is 207 cm³/mol. The van der Waals surface area contributed by atoms with Crippen LogP contribution in [0, 0.1) is 0 Å². The summed E-state index contributed by atoms with van der Waals surface area (Å²) in [4.78, 5) is 47.8. The predicted octanol–water partition coefficient (Wildman–Crippen LogP) is 6.57. The lowest BCUT2D eigenvalue weighted by molar-refractivity contribution is -0.134. The van der Waals surface area contributed by atoms with Gasteiger partial charge in [-0.3, -0.25) is 24.6 Å². The zero-order valence-corrected chi connectivity index (χ0v) is 31.3. The van der Waals surface area contributed by atoms with Gasteiger partial charge in [-0.25, -0.2) is 9.50 Å². The molecule has 0 saturated carbocycles. The average molecular weight is 737 g/mol. The van der Waals surface area contributed by atoms with Crippen LogP contribution in [0.2, 0.25) is 0 Å². The molecule has 280 valence electrons. The summed E-state index contributed by atoms with van der Waals surface area (Å²) in [5.41, 5.74) is 9.04. The minimum atomic E-state index is -0.385. The topological polar surface area (TPSA) is 148 Å². The molecule has 2 N–H and O–H groups in total. The highest BCUT2D eigenvalue weighted by molar-refractivity contribution is 6.01. The van der Waals surface area contributed by atoms with E-state index in [1.54, 1.807) is 6.33 Å². The van der Waals surface area contributed by atoms with Crippen molar-refractivity contribution < 1.29 is 18.9 Å². The summed E-state index contributed by atoms with van der Waals surface area (Å²) >= 11 is 0. The van der Waals surface area contributed by atoms with Gasteiger partial charge in [-0.1, -0.05) is 98.7 Å². The van der Waals surface area contributed by atoms with Crippen molar-refractivity contribution in [3.05, 3.63) is 125 Å². The number of fused-ring (bicyclic) bond motifs is 1. The summed E-state index contributed by atoms with van der Waals surface area (Å²) in [6.07, 6.45) is 6.76. The Kier molecular flexibility index (Phi) is 9.83. The van der Waals surface area contributed by atoms with Gasteiger partial charge in [0.15, 0.2) is 0 Å². The molecular weight excluding hydrogens is 693 g/mol. The molecule has 1 unspecified atom stereocenters. The number of nitrogens with one attached hydrogen (secondary N) is 2. The number of hydrogen-bond acceptors (Lipinski definition) is 9. The van der Waals surface area contributed by atoms with Gasteiger partial charge < -0.3 is 9.84 Å². The number of nitrogens with zero attached hydrogens (tertiary/aromatic N) is 6. The van der Waals surface area contributed by atoms with E-state index in [0.717, 1.165) is 71.5 Å². The van der Waals surface area contributed by atoms with Crippen molar-refractivity contribution in [2.45, 2.75) is 76.8 Å². The maximum Gasteiger partial charge on any atom is 0.292 e. The molecule has 12 nitrogen and oxygen atoms in total. The lowest BCUT2D eigenvalue weighted by atomic mass is 9.86. The number of imide groups is 1. The minimum Gasteiger partial charge on any atom is -0.345 e. The molecule has 3 amide bonds. The molecule has 3 aromatic heterocycles. The van der Waals surface area contributed by atoms with Crippen LogP contribution in [0.5, 0.6) is 0 Å². The lowest BCUT2D eigenvalue weighted by Gasteiger charge is -2.32. The minimum absolute atomic E-state index is 0.0227. The molecule has 8 rings (SSSR count). The molecule has 5 heterocycles. The molecule has 0 radical (unpaired) electrons. The van der Waals surface area contributed by atoms with E-state index in [1.165, 1.54) is 11.1 Å². The fraction of sp³-hybridized carbons (Fsp3) is 0.326. The number of carbonyl (C=O) groups excluding carboxylic acids is 3. The van der Waals surface area contributed by atoms with Gasteiger partial charge in [0.1, 0.15) is 6.33 Å². The van der Waals surface area contributed by atoms with Crippen LogP contribution in [-0.2, 0) is 28.1 Å². The molecular formula is C43H44N8O4.